The molecule has 0 spiro atoms. The van der Waals surface area contributed by atoms with Gasteiger partial charge in [0.05, 0.1) is 31.0 Å². The Bertz CT molecular complexity index is 1420. The highest BCUT2D eigenvalue weighted by Crippen LogP contribution is 2.49. The number of anilines is 1. The van der Waals surface area contributed by atoms with Crippen LogP contribution in [0.4, 0.5) is 5.69 Å². The van der Waals surface area contributed by atoms with Crippen molar-refractivity contribution < 1.29 is 23.9 Å². The van der Waals surface area contributed by atoms with Crippen LogP contribution in [0.25, 0.3) is 0 Å². The van der Waals surface area contributed by atoms with Crippen LogP contribution in [-0.4, -0.2) is 54.8 Å². The standard InChI is InChI=1S/C28H25N3O5/c1-35-22-12-11-20-24(25(22)36-2)28(34)31-21-10-6-5-9-19(21)27(33)30(26(20)31)16-23(32)29-14-13-17-7-3-4-8-18(17)15-29/h3-12,26H,13-16H2,1-2H3. The molecule has 1 atom stereocenters. The zero-order valence-corrected chi connectivity index (χ0v) is 20.1. The van der Waals surface area contributed by atoms with E-state index in [0.717, 1.165) is 12.0 Å². The summed E-state index contributed by atoms with van der Waals surface area (Å²) in [6.07, 6.45) is 0.0164. The van der Waals surface area contributed by atoms with Crippen molar-refractivity contribution in [2.75, 3.05) is 32.2 Å². The average Bonchev–Trinajstić information content (AvgIpc) is 3.22. The molecule has 0 aliphatic carbocycles. The van der Waals surface area contributed by atoms with Crippen LogP contribution in [0, 0.1) is 0 Å². The van der Waals surface area contributed by atoms with Gasteiger partial charge in [0.25, 0.3) is 11.8 Å². The monoisotopic (exact) mass is 483 g/mol. The molecule has 3 aromatic carbocycles. The van der Waals surface area contributed by atoms with Crippen molar-refractivity contribution >= 4 is 23.4 Å². The third-order valence-corrected chi connectivity index (χ3v) is 7.27. The van der Waals surface area contributed by atoms with Crippen LogP contribution < -0.4 is 14.4 Å². The second-order valence-electron chi connectivity index (χ2n) is 9.10. The quantitative estimate of drug-likeness (QED) is 0.568. The van der Waals surface area contributed by atoms with Gasteiger partial charge in [0.15, 0.2) is 11.5 Å². The van der Waals surface area contributed by atoms with Crippen molar-refractivity contribution in [3.05, 3.63) is 88.5 Å². The lowest BCUT2D eigenvalue weighted by molar-refractivity contribution is -0.133. The maximum Gasteiger partial charge on any atom is 0.264 e. The molecule has 182 valence electrons. The second kappa shape index (κ2) is 8.41. The molecular weight excluding hydrogens is 458 g/mol. The smallest absolute Gasteiger partial charge is 0.264 e. The number of rotatable bonds is 4. The number of carbonyl (C=O) groups is 3. The summed E-state index contributed by atoms with van der Waals surface area (Å²) in [5.74, 6) is 0.0126. The normalized spacial score (nSPS) is 17.8. The topological polar surface area (TPSA) is 79.4 Å². The van der Waals surface area contributed by atoms with Crippen molar-refractivity contribution in [3.8, 4) is 11.5 Å². The molecule has 0 radical (unpaired) electrons. The van der Waals surface area contributed by atoms with E-state index in [0.29, 0.717) is 47.0 Å². The summed E-state index contributed by atoms with van der Waals surface area (Å²) in [6, 6.07) is 18.6. The molecule has 0 aromatic heterocycles. The van der Waals surface area contributed by atoms with Crippen LogP contribution in [0.2, 0.25) is 0 Å². The Morgan fingerprint density at radius 2 is 1.67 bits per heavy atom. The number of carbonyl (C=O) groups excluding carboxylic acids is 3. The first-order valence-corrected chi connectivity index (χ1v) is 11.9. The van der Waals surface area contributed by atoms with E-state index in [1.807, 2.05) is 18.2 Å². The van der Waals surface area contributed by atoms with E-state index in [1.54, 1.807) is 46.2 Å². The molecule has 3 aromatic rings. The van der Waals surface area contributed by atoms with Gasteiger partial charge in [-0.3, -0.25) is 19.3 Å². The molecule has 0 saturated heterocycles. The van der Waals surface area contributed by atoms with Crippen LogP contribution in [0.15, 0.2) is 60.7 Å². The first kappa shape index (κ1) is 22.2. The van der Waals surface area contributed by atoms with Gasteiger partial charge in [-0.05, 0) is 35.7 Å². The number of hydrogen-bond donors (Lipinski definition) is 0. The van der Waals surface area contributed by atoms with Gasteiger partial charge in [0.2, 0.25) is 5.91 Å². The molecule has 1 unspecified atom stereocenters. The fraction of sp³-hybridized carbons (Fsp3) is 0.250. The van der Waals surface area contributed by atoms with Crippen molar-refractivity contribution in [2.45, 2.75) is 19.1 Å². The number of amides is 3. The zero-order chi connectivity index (χ0) is 25.0. The number of para-hydroxylation sites is 1. The summed E-state index contributed by atoms with van der Waals surface area (Å²) in [5, 5.41) is 0. The van der Waals surface area contributed by atoms with Gasteiger partial charge in [0, 0.05) is 18.7 Å². The molecule has 0 saturated carbocycles. The highest BCUT2D eigenvalue weighted by atomic mass is 16.5. The summed E-state index contributed by atoms with van der Waals surface area (Å²) in [5.41, 5.74) is 4.22. The number of benzene rings is 3. The van der Waals surface area contributed by atoms with Crippen LogP contribution in [0.3, 0.4) is 0 Å². The lowest BCUT2D eigenvalue weighted by atomic mass is 9.99. The summed E-state index contributed by atoms with van der Waals surface area (Å²) in [4.78, 5) is 45.9. The van der Waals surface area contributed by atoms with Gasteiger partial charge in [-0.25, -0.2) is 0 Å². The Hall–Kier alpha value is -4.33. The minimum absolute atomic E-state index is 0.141. The van der Waals surface area contributed by atoms with E-state index < -0.39 is 6.17 Å². The molecule has 3 amide bonds. The Kier molecular flexibility index (Phi) is 5.17. The molecule has 6 rings (SSSR count). The summed E-state index contributed by atoms with van der Waals surface area (Å²) >= 11 is 0. The molecule has 3 aliphatic rings. The summed E-state index contributed by atoms with van der Waals surface area (Å²) < 4.78 is 11.0. The van der Waals surface area contributed by atoms with Crippen molar-refractivity contribution in [3.63, 3.8) is 0 Å². The van der Waals surface area contributed by atoms with Crippen LogP contribution >= 0.6 is 0 Å². The van der Waals surface area contributed by atoms with E-state index >= 15 is 0 Å². The molecule has 3 heterocycles. The lowest BCUT2D eigenvalue weighted by Crippen LogP contribution is -2.52. The third kappa shape index (κ3) is 3.17. The Labute approximate surface area is 208 Å². The average molecular weight is 484 g/mol. The van der Waals surface area contributed by atoms with Crippen LogP contribution in [-0.2, 0) is 17.8 Å². The highest BCUT2D eigenvalue weighted by molar-refractivity contribution is 6.18. The predicted molar refractivity (Wildman–Crippen MR) is 132 cm³/mol. The van der Waals surface area contributed by atoms with Gasteiger partial charge in [0.1, 0.15) is 12.7 Å². The number of fused-ring (bicyclic) bond motifs is 6. The van der Waals surface area contributed by atoms with Gasteiger partial charge < -0.3 is 19.3 Å². The van der Waals surface area contributed by atoms with E-state index in [1.165, 1.54) is 24.7 Å². The number of nitrogens with zero attached hydrogens (tertiary/aromatic N) is 3. The SMILES string of the molecule is COc1ccc2c(c1OC)C(=O)N1c3ccccc3C(=O)N(CC(=O)N3CCc4ccccc4C3)C21. The third-order valence-electron chi connectivity index (χ3n) is 7.27. The van der Waals surface area contributed by atoms with Gasteiger partial charge in [-0.15, -0.1) is 0 Å². The molecule has 36 heavy (non-hydrogen) atoms. The molecule has 0 bridgehead atoms. The van der Waals surface area contributed by atoms with E-state index in [4.69, 9.17) is 9.47 Å². The van der Waals surface area contributed by atoms with E-state index in [9.17, 15) is 14.4 Å². The highest BCUT2D eigenvalue weighted by Gasteiger charge is 2.50. The van der Waals surface area contributed by atoms with Gasteiger partial charge >= 0.3 is 0 Å². The number of hydrogen-bond acceptors (Lipinski definition) is 5. The maximum atomic E-state index is 13.8. The van der Waals surface area contributed by atoms with Crippen molar-refractivity contribution in [1.29, 1.82) is 0 Å². The lowest BCUT2D eigenvalue weighted by Gasteiger charge is -2.41. The van der Waals surface area contributed by atoms with Crippen molar-refractivity contribution in [2.24, 2.45) is 0 Å². The van der Waals surface area contributed by atoms with Gasteiger partial charge in [-0.1, -0.05) is 42.5 Å². The van der Waals surface area contributed by atoms with Crippen LogP contribution in [0.1, 0.15) is 43.6 Å². The van der Waals surface area contributed by atoms with E-state index in [-0.39, 0.29) is 24.3 Å². The first-order chi connectivity index (χ1) is 17.5. The number of ether oxygens (including phenoxy) is 2. The first-order valence-electron chi connectivity index (χ1n) is 11.9. The Morgan fingerprint density at radius 1 is 0.917 bits per heavy atom. The van der Waals surface area contributed by atoms with Crippen molar-refractivity contribution in [1.82, 2.24) is 9.80 Å². The minimum atomic E-state index is -0.754. The van der Waals surface area contributed by atoms with E-state index in [2.05, 4.69) is 6.07 Å². The second-order valence-corrected chi connectivity index (χ2v) is 9.10. The largest absolute Gasteiger partial charge is 0.493 e. The molecular formula is C28H25N3O5. The fourth-order valence-electron chi connectivity index (χ4n) is 5.54. The summed E-state index contributed by atoms with van der Waals surface area (Å²) in [7, 11) is 2.99. The van der Waals surface area contributed by atoms with Gasteiger partial charge in [-0.2, -0.15) is 0 Å². The Balaban J connectivity index is 1.41. The molecule has 3 aliphatic heterocycles. The fourth-order valence-corrected chi connectivity index (χ4v) is 5.54. The molecule has 0 N–H and O–H groups in total. The predicted octanol–water partition coefficient (Wildman–Crippen LogP) is 3.40. The molecule has 8 nitrogen and oxygen atoms in total. The summed E-state index contributed by atoms with van der Waals surface area (Å²) in [6.45, 7) is 0.948. The maximum absolute atomic E-state index is 13.8. The van der Waals surface area contributed by atoms with Crippen LogP contribution in [0.5, 0.6) is 11.5 Å². The number of methoxy groups -OCH3 is 2. The zero-order valence-electron chi connectivity index (χ0n) is 20.1. The molecule has 0 fully saturated rings. The Morgan fingerprint density at radius 3 is 2.44 bits per heavy atom. The minimum Gasteiger partial charge on any atom is -0.493 e. The molecule has 8 heteroatoms.